The summed E-state index contributed by atoms with van der Waals surface area (Å²) in [6, 6.07) is 0.611. The molecule has 0 saturated heterocycles. The summed E-state index contributed by atoms with van der Waals surface area (Å²) in [4.78, 5) is 15.8. The summed E-state index contributed by atoms with van der Waals surface area (Å²) in [6.45, 7) is 2.73. The second kappa shape index (κ2) is 8.93. The minimum atomic E-state index is -2.57. The number of nitrogens with zero attached hydrogens (tertiary/aromatic N) is 2. The highest BCUT2D eigenvalue weighted by Gasteiger charge is 2.37. The maximum atomic E-state index is 11.9. The number of ether oxygens (including phenoxy) is 1. The molecule has 0 aliphatic carbocycles. The van der Waals surface area contributed by atoms with Crippen LogP contribution in [0.15, 0.2) is 18.7 Å². The molecule has 1 aromatic heterocycles. The normalized spacial score (nSPS) is 13.1. The van der Waals surface area contributed by atoms with Crippen LogP contribution >= 0.6 is 0 Å². The van der Waals surface area contributed by atoms with Gasteiger partial charge < -0.3 is 22.6 Å². The molecule has 0 amide bonds. The van der Waals surface area contributed by atoms with Crippen molar-refractivity contribution >= 4 is 14.8 Å². The molecule has 0 aliphatic heterocycles. The lowest BCUT2D eigenvalue weighted by atomic mass is 10.2. The average molecular weight is 316 g/mol. The molecule has 1 atom stereocenters. The molecule has 1 aromatic rings. The molecule has 7 nitrogen and oxygen atoms in total. The lowest BCUT2D eigenvalue weighted by molar-refractivity contribution is -0.148. The van der Waals surface area contributed by atoms with Gasteiger partial charge >= 0.3 is 14.8 Å². The fourth-order valence-corrected chi connectivity index (χ4v) is 3.64. The van der Waals surface area contributed by atoms with Crippen molar-refractivity contribution in [2.24, 2.45) is 5.92 Å². The number of aromatic nitrogens is 2. The third kappa shape index (κ3) is 5.58. The number of esters is 1. The van der Waals surface area contributed by atoms with Crippen molar-refractivity contribution in [2.75, 3.05) is 27.9 Å². The fraction of sp³-hybridized carbons (Fsp3) is 0.692. The van der Waals surface area contributed by atoms with Crippen molar-refractivity contribution in [3.05, 3.63) is 18.7 Å². The Morgan fingerprint density at radius 1 is 1.29 bits per heavy atom. The second-order valence-corrected chi connectivity index (χ2v) is 7.82. The molecule has 120 valence electrons. The van der Waals surface area contributed by atoms with Crippen LogP contribution in [0.2, 0.25) is 6.04 Å². The molecule has 0 spiro atoms. The predicted molar refractivity (Wildman–Crippen MR) is 78.6 cm³/mol. The topological polar surface area (TPSA) is 71.8 Å². The first kappa shape index (κ1) is 17.8. The molecule has 1 heterocycles. The van der Waals surface area contributed by atoms with Crippen molar-refractivity contribution in [2.45, 2.75) is 25.9 Å². The molecule has 21 heavy (non-hydrogen) atoms. The van der Waals surface area contributed by atoms with E-state index in [9.17, 15) is 4.79 Å². The molecular formula is C13H24N2O5Si. The molecule has 0 saturated carbocycles. The molecule has 1 unspecified atom stereocenters. The van der Waals surface area contributed by atoms with Gasteiger partial charge in [-0.15, -0.1) is 0 Å². The van der Waals surface area contributed by atoms with Gasteiger partial charge in [-0.25, -0.2) is 4.98 Å². The van der Waals surface area contributed by atoms with Crippen LogP contribution in [0.25, 0.3) is 0 Å². The quantitative estimate of drug-likeness (QED) is 0.368. The number of carbonyl (C=O) groups is 1. The van der Waals surface area contributed by atoms with E-state index >= 15 is 0 Å². The summed E-state index contributed by atoms with van der Waals surface area (Å²) in [6.07, 6.45) is 5.83. The van der Waals surface area contributed by atoms with Gasteiger partial charge in [0, 0.05) is 46.3 Å². The SMILES string of the molecule is CO[Si](CCCOC(=O)C(C)Cn1ccnc1)(OC)OC. The maximum absolute atomic E-state index is 11.9. The van der Waals surface area contributed by atoms with E-state index < -0.39 is 8.80 Å². The lowest BCUT2D eigenvalue weighted by Gasteiger charge is -2.24. The first-order chi connectivity index (χ1) is 10.1. The smallest absolute Gasteiger partial charge is 0.465 e. The number of rotatable bonds is 10. The number of carbonyl (C=O) groups excluding carboxylic acids is 1. The summed E-state index contributed by atoms with van der Waals surface area (Å²) < 4.78 is 23.0. The first-order valence-electron chi connectivity index (χ1n) is 6.84. The van der Waals surface area contributed by atoms with Gasteiger partial charge in [0.25, 0.3) is 0 Å². The van der Waals surface area contributed by atoms with Crippen LogP contribution in [0.1, 0.15) is 13.3 Å². The van der Waals surface area contributed by atoms with Crippen molar-refractivity contribution in [3.8, 4) is 0 Å². The maximum Gasteiger partial charge on any atom is 0.500 e. The summed E-state index contributed by atoms with van der Waals surface area (Å²) >= 11 is 0. The van der Waals surface area contributed by atoms with Gasteiger partial charge in [0.1, 0.15) is 0 Å². The minimum absolute atomic E-state index is 0.214. The van der Waals surface area contributed by atoms with Crippen LogP contribution < -0.4 is 0 Å². The van der Waals surface area contributed by atoms with E-state index in [1.165, 1.54) is 0 Å². The Labute approximate surface area is 126 Å². The molecule has 0 fully saturated rings. The van der Waals surface area contributed by atoms with E-state index in [1.807, 2.05) is 17.7 Å². The van der Waals surface area contributed by atoms with Gasteiger partial charge in [-0.05, 0) is 6.42 Å². The fourth-order valence-electron chi connectivity index (χ4n) is 1.95. The zero-order chi connectivity index (χ0) is 15.7. The Balaban J connectivity index is 2.27. The molecule has 8 heteroatoms. The largest absolute Gasteiger partial charge is 0.500 e. The third-order valence-electron chi connectivity index (χ3n) is 3.25. The Morgan fingerprint density at radius 2 is 1.95 bits per heavy atom. The van der Waals surface area contributed by atoms with Crippen molar-refractivity contribution in [1.29, 1.82) is 0 Å². The highest BCUT2D eigenvalue weighted by molar-refractivity contribution is 6.60. The van der Waals surface area contributed by atoms with E-state index in [2.05, 4.69) is 4.98 Å². The van der Waals surface area contributed by atoms with Gasteiger partial charge in [-0.1, -0.05) is 6.92 Å². The van der Waals surface area contributed by atoms with E-state index in [0.717, 1.165) is 0 Å². The number of hydrogen-bond acceptors (Lipinski definition) is 6. The van der Waals surface area contributed by atoms with E-state index in [4.69, 9.17) is 18.0 Å². The molecule has 0 bridgehead atoms. The van der Waals surface area contributed by atoms with Crippen LogP contribution in [-0.2, 0) is 29.4 Å². The van der Waals surface area contributed by atoms with Gasteiger partial charge in [-0.2, -0.15) is 0 Å². The zero-order valence-electron chi connectivity index (χ0n) is 13.1. The van der Waals surface area contributed by atoms with Crippen molar-refractivity contribution in [3.63, 3.8) is 0 Å². The van der Waals surface area contributed by atoms with Crippen molar-refractivity contribution < 1.29 is 22.8 Å². The molecule has 1 rings (SSSR count). The van der Waals surface area contributed by atoms with Crippen molar-refractivity contribution in [1.82, 2.24) is 9.55 Å². The average Bonchev–Trinajstić information content (AvgIpc) is 3.01. The van der Waals surface area contributed by atoms with Gasteiger partial charge in [0.15, 0.2) is 0 Å². The molecule has 0 aliphatic rings. The summed E-state index contributed by atoms with van der Waals surface area (Å²) in [5, 5.41) is 0. The van der Waals surface area contributed by atoms with Gasteiger partial charge in [0.2, 0.25) is 0 Å². The Morgan fingerprint density at radius 3 is 2.48 bits per heavy atom. The summed E-state index contributed by atoms with van der Waals surface area (Å²) in [7, 11) is 2.13. The number of hydrogen-bond donors (Lipinski definition) is 0. The van der Waals surface area contributed by atoms with Crippen LogP contribution in [0.5, 0.6) is 0 Å². The molecule has 0 N–H and O–H groups in total. The highest BCUT2D eigenvalue weighted by Crippen LogP contribution is 2.15. The van der Waals surface area contributed by atoms with Crippen LogP contribution in [0, 0.1) is 5.92 Å². The Hall–Kier alpha value is -1.22. The van der Waals surface area contributed by atoms with E-state index in [1.54, 1.807) is 33.9 Å². The number of imidazole rings is 1. The predicted octanol–water partition coefficient (Wildman–Crippen LogP) is 1.33. The van der Waals surface area contributed by atoms with Crippen LogP contribution in [0.4, 0.5) is 0 Å². The van der Waals surface area contributed by atoms with E-state index in [0.29, 0.717) is 25.6 Å². The second-order valence-electron chi connectivity index (χ2n) is 4.73. The highest BCUT2D eigenvalue weighted by atomic mass is 28.4. The van der Waals surface area contributed by atoms with Crippen LogP contribution in [-0.4, -0.2) is 52.3 Å². The molecule has 0 aromatic carbocycles. The van der Waals surface area contributed by atoms with E-state index in [-0.39, 0.29) is 11.9 Å². The third-order valence-corrected chi connectivity index (χ3v) is 6.08. The first-order valence-corrected chi connectivity index (χ1v) is 8.78. The lowest BCUT2D eigenvalue weighted by Crippen LogP contribution is -2.42. The Kier molecular flexibility index (Phi) is 7.58. The summed E-state index contributed by atoms with van der Waals surface area (Å²) in [5.74, 6) is -0.434. The standard InChI is InChI=1S/C13H24N2O5Si/c1-12(10-15-7-6-14-11-15)13(16)20-8-5-9-21(17-2,18-3)19-4/h6-7,11-12H,5,8-10H2,1-4H3. The zero-order valence-corrected chi connectivity index (χ0v) is 14.1. The van der Waals surface area contributed by atoms with Gasteiger partial charge in [0.05, 0.1) is 18.9 Å². The van der Waals surface area contributed by atoms with Crippen LogP contribution in [0.3, 0.4) is 0 Å². The summed E-state index contributed by atoms with van der Waals surface area (Å²) in [5.41, 5.74) is 0. The monoisotopic (exact) mass is 316 g/mol. The Bertz CT molecular complexity index is 400. The molecular weight excluding hydrogens is 292 g/mol. The minimum Gasteiger partial charge on any atom is -0.465 e. The molecule has 0 radical (unpaired) electrons. The van der Waals surface area contributed by atoms with Gasteiger partial charge in [-0.3, -0.25) is 4.79 Å².